The molecule has 0 bridgehead atoms. The first kappa shape index (κ1) is 14.0. The molecule has 0 radical (unpaired) electrons. The number of hydrogen-bond donors (Lipinski definition) is 1. The predicted octanol–water partition coefficient (Wildman–Crippen LogP) is 4.77. The monoisotopic (exact) mass is 295 g/mol. The van der Waals surface area contributed by atoms with E-state index in [9.17, 15) is 0 Å². The topological polar surface area (TPSA) is 35.2 Å². The molecule has 4 heteroatoms. The van der Waals surface area contributed by atoms with E-state index in [1.165, 1.54) is 0 Å². The summed E-state index contributed by atoms with van der Waals surface area (Å²) >= 11 is 12.0. The van der Waals surface area contributed by atoms with Gasteiger partial charge in [-0.1, -0.05) is 29.3 Å². The van der Waals surface area contributed by atoms with Crippen LogP contribution in [0.15, 0.2) is 30.3 Å². The van der Waals surface area contributed by atoms with Crippen LogP contribution in [0.25, 0.3) is 0 Å². The fraction of sp³-hybridized carbons (Fsp3) is 0.200. The first-order valence-corrected chi connectivity index (χ1v) is 6.66. The Hall–Kier alpha value is -1.38. The van der Waals surface area contributed by atoms with Gasteiger partial charge in [-0.15, -0.1) is 0 Å². The molecule has 0 unspecified atom stereocenters. The normalized spacial score (nSPS) is 10.5. The van der Waals surface area contributed by atoms with Gasteiger partial charge in [0.1, 0.15) is 12.4 Å². The van der Waals surface area contributed by atoms with Crippen molar-refractivity contribution in [3.63, 3.8) is 0 Å². The highest BCUT2D eigenvalue weighted by molar-refractivity contribution is 6.35. The molecule has 19 heavy (non-hydrogen) atoms. The number of anilines is 1. The van der Waals surface area contributed by atoms with Crippen molar-refractivity contribution in [2.45, 2.75) is 20.5 Å². The molecule has 0 saturated carbocycles. The number of rotatable bonds is 3. The molecule has 0 aliphatic heterocycles. The lowest BCUT2D eigenvalue weighted by Gasteiger charge is -2.12. The van der Waals surface area contributed by atoms with E-state index < -0.39 is 0 Å². The molecule has 0 amide bonds. The van der Waals surface area contributed by atoms with Crippen molar-refractivity contribution >= 4 is 28.9 Å². The SMILES string of the molecule is Cc1cc(OCc2ccc(Cl)cc2Cl)c(C)cc1N. The average molecular weight is 296 g/mol. The van der Waals surface area contributed by atoms with Gasteiger partial charge in [-0.25, -0.2) is 0 Å². The fourth-order valence-corrected chi connectivity index (χ4v) is 2.22. The molecule has 0 aromatic heterocycles. The van der Waals surface area contributed by atoms with E-state index in [4.69, 9.17) is 33.7 Å². The second-order valence-corrected chi connectivity index (χ2v) is 5.34. The van der Waals surface area contributed by atoms with Crippen molar-refractivity contribution in [3.8, 4) is 5.75 Å². The highest BCUT2D eigenvalue weighted by atomic mass is 35.5. The summed E-state index contributed by atoms with van der Waals surface area (Å²) in [6.07, 6.45) is 0. The van der Waals surface area contributed by atoms with Crippen molar-refractivity contribution < 1.29 is 4.74 Å². The largest absolute Gasteiger partial charge is 0.489 e. The van der Waals surface area contributed by atoms with E-state index in [0.29, 0.717) is 16.7 Å². The molecule has 2 N–H and O–H groups in total. The van der Waals surface area contributed by atoms with Crippen LogP contribution in [0.4, 0.5) is 5.69 Å². The van der Waals surface area contributed by atoms with Crippen molar-refractivity contribution in [1.82, 2.24) is 0 Å². The predicted molar refractivity (Wildman–Crippen MR) is 81.1 cm³/mol. The third-order valence-corrected chi connectivity index (χ3v) is 3.55. The second-order valence-electron chi connectivity index (χ2n) is 4.50. The number of benzene rings is 2. The molecule has 0 spiro atoms. The number of nitrogens with two attached hydrogens (primary N) is 1. The Labute approximate surface area is 123 Å². The number of nitrogen functional groups attached to an aromatic ring is 1. The summed E-state index contributed by atoms with van der Waals surface area (Å²) in [5, 5.41) is 1.23. The van der Waals surface area contributed by atoms with E-state index in [1.807, 2.05) is 32.0 Å². The Morgan fingerprint density at radius 1 is 1.05 bits per heavy atom. The summed E-state index contributed by atoms with van der Waals surface area (Å²) in [7, 11) is 0. The van der Waals surface area contributed by atoms with Crippen LogP contribution in [0, 0.1) is 13.8 Å². The van der Waals surface area contributed by atoms with Gasteiger partial charge in [0.25, 0.3) is 0 Å². The maximum absolute atomic E-state index is 6.11. The maximum atomic E-state index is 6.11. The molecular weight excluding hydrogens is 281 g/mol. The summed E-state index contributed by atoms with van der Waals surface area (Å²) in [4.78, 5) is 0. The van der Waals surface area contributed by atoms with Crippen LogP contribution in [0.1, 0.15) is 16.7 Å². The van der Waals surface area contributed by atoms with Gasteiger partial charge in [-0.05, 0) is 49.2 Å². The van der Waals surface area contributed by atoms with Crippen LogP contribution in [0.5, 0.6) is 5.75 Å². The Kier molecular flexibility index (Phi) is 4.23. The summed E-state index contributed by atoms with van der Waals surface area (Å²) in [6, 6.07) is 9.23. The van der Waals surface area contributed by atoms with Crippen LogP contribution in [-0.4, -0.2) is 0 Å². The average Bonchev–Trinajstić information content (AvgIpc) is 2.34. The molecule has 2 nitrogen and oxygen atoms in total. The lowest BCUT2D eigenvalue weighted by Crippen LogP contribution is -2.00. The van der Waals surface area contributed by atoms with Gasteiger partial charge in [0, 0.05) is 21.3 Å². The van der Waals surface area contributed by atoms with E-state index >= 15 is 0 Å². The summed E-state index contributed by atoms with van der Waals surface area (Å²) in [5.41, 5.74) is 9.53. The van der Waals surface area contributed by atoms with Crippen LogP contribution < -0.4 is 10.5 Å². The second kappa shape index (κ2) is 5.72. The molecule has 2 rings (SSSR count). The first-order chi connectivity index (χ1) is 8.97. The summed E-state index contributed by atoms with van der Waals surface area (Å²) in [6.45, 7) is 4.33. The molecule has 100 valence electrons. The Bertz CT molecular complexity index is 611. The zero-order chi connectivity index (χ0) is 14.0. The molecule has 2 aromatic carbocycles. The molecule has 0 aliphatic rings. The van der Waals surface area contributed by atoms with Gasteiger partial charge < -0.3 is 10.5 Å². The van der Waals surface area contributed by atoms with Gasteiger partial charge in [-0.2, -0.15) is 0 Å². The van der Waals surface area contributed by atoms with Crippen LogP contribution in [0.2, 0.25) is 10.0 Å². The van der Waals surface area contributed by atoms with Gasteiger partial charge in [0.05, 0.1) is 0 Å². The quantitative estimate of drug-likeness (QED) is 0.828. The van der Waals surface area contributed by atoms with E-state index in [2.05, 4.69) is 0 Å². The molecule has 0 fully saturated rings. The molecule has 0 heterocycles. The highest BCUT2D eigenvalue weighted by Crippen LogP contribution is 2.27. The van der Waals surface area contributed by atoms with E-state index in [1.54, 1.807) is 12.1 Å². The first-order valence-electron chi connectivity index (χ1n) is 5.91. The molecule has 0 saturated heterocycles. The van der Waals surface area contributed by atoms with Crippen molar-refractivity contribution in [1.29, 1.82) is 0 Å². The molecule has 0 aliphatic carbocycles. The van der Waals surface area contributed by atoms with Crippen LogP contribution in [-0.2, 0) is 6.61 Å². The lowest BCUT2D eigenvalue weighted by atomic mass is 10.1. The highest BCUT2D eigenvalue weighted by Gasteiger charge is 2.06. The Morgan fingerprint density at radius 2 is 1.79 bits per heavy atom. The minimum absolute atomic E-state index is 0.403. The molecule has 0 atom stereocenters. The Balaban J connectivity index is 2.16. The standard InChI is InChI=1S/C15H15Cl2NO/c1-9-6-15(10(2)5-14(9)18)19-8-11-3-4-12(16)7-13(11)17/h3-7H,8,18H2,1-2H3. The molecule has 2 aromatic rings. The smallest absolute Gasteiger partial charge is 0.123 e. The third-order valence-electron chi connectivity index (χ3n) is 2.96. The summed E-state index contributed by atoms with van der Waals surface area (Å²) < 4.78 is 5.80. The van der Waals surface area contributed by atoms with Crippen LogP contribution >= 0.6 is 23.2 Å². The van der Waals surface area contributed by atoms with Crippen molar-refractivity contribution in [3.05, 3.63) is 57.1 Å². The van der Waals surface area contributed by atoms with Crippen molar-refractivity contribution in [2.24, 2.45) is 0 Å². The zero-order valence-electron chi connectivity index (χ0n) is 10.8. The van der Waals surface area contributed by atoms with Crippen molar-refractivity contribution in [2.75, 3.05) is 5.73 Å². The van der Waals surface area contributed by atoms with Gasteiger partial charge in [0.15, 0.2) is 0 Å². The Morgan fingerprint density at radius 3 is 2.47 bits per heavy atom. The van der Waals surface area contributed by atoms with E-state index in [0.717, 1.165) is 28.1 Å². The fourth-order valence-electron chi connectivity index (χ4n) is 1.76. The zero-order valence-corrected chi connectivity index (χ0v) is 12.3. The number of ether oxygens (including phenoxy) is 1. The summed E-state index contributed by atoms with van der Waals surface area (Å²) in [5.74, 6) is 0.817. The van der Waals surface area contributed by atoms with Gasteiger partial charge >= 0.3 is 0 Å². The third kappa shape index (κ3) is 3.34. The number of hydrogen-bond acceptors (Lipinski definition) is 2. The number of halogens is 2. The lowest BCUT2D eigenvalue weighted by molar-refractivity contribution is 0.304. The molecular formula is C15H15Cl2NO. The van der Waals surface area contributed by atoms with E-state index in [-0.39, 0.29) is 0 Å². The number of aryl methyl sites for hydroxylation is 2. The minimum Gasteiger partial charge on any atom is -0.489 e. The van der Waals surface area contributed by atoms with Gasteiger partial charge in [-0.3, -0.25) is 0 Å². The van der Waals surface area contributed by atoms with Crippen LogP contribution in [0.3, 0.4) is 0 Å². The van der Waals surface area contributed by atoms with Gasteiger partial charge in [0.2, 0.25) is 0 Å². The minimum atomic E-state index is 0.403. The maximum Gasteiger partial charge on any atom is 0.123 e.